The van der Waals surface area contributed by atoms with E-state index in [1.165, 1.54) is 40.2 Å². The van der Waals surface area contributed by atoms with Gasteiger partial charge in [0.15, 0.2) is 0 Å². The van der Waals surface area contributed by atoms with E-state index in [9.17, 15) is 0 Å². The van der Waals surface area contributed by atoms with Crippen LogP contribution in [0.5, 0.6) is 0 Å². The van der Waals surface area contributed by atoms with Crippen molar-refractivity contribution in [2.24, 2.45) is 5.73 Å². The van der Waals surface area contributed by atoms with Crippen molar-refractivity contribution in [2.75, 3.05) is 5.75 Å². The lowest BCUT2D eigenvalue weighted by molar-refractivity contribution is 0.732. The van der Waals surface area contributed by atoms with E-state index in [4.69, 9.17) is 5.73 Å². The molecule has 3 heteroatoms. The molecule has 2 N–H and O–H groups in total. The van der Waals surface area contributed by atoms with Crippen LogP contribution in [0, 0.1) is 0 Å². The van der Waals surface area contributed by atoms with Crippen LogP contribution in [0.2, 0.25) is 0 Å². The summed E-state index contributed by atoms with van der Waals surface area (Å²) in [7, 11) is 0. The number of aryl methyl sites for hydroxylation is 1. The number of fused-ring (bicyclic) bond motifs is 1. The molecule has 1 aliphatic heterocycles. The van der Waals surface area contributed by atoms with Gasteiger partial charge in [0.1, 0.15) is 0 Å². The summed E-state index contributed by atoms with van der Waals surface area (Å²) in [4.78, 5) is 2.87. The molecule has 0 saturated carbocycles. The molecule has 1 aromatic carbocycles. The first kappa shape index (κ1) is 15.1. The van der Waals surface area contributed by atoms with Crippen molar-refractivity contribution in [1.82, 2.24) is 0 Å². The van der Waals surface area contributed by atoms with Crippen LogP contribution in [0.25, 0.3) is 0 Å². The SMILES string of the molecule is CCC(C)c1ccc(C(N)c2cc3c(s2)CCSC3)cc1. The Morgan fingerprint density at radius 3 is 2.57 bits per heavy atom. The number of nitrogens with two attached hydrogens (primary N) is 1. The highest BCUT2D eigenvalue weighted by molar-refractivity contribution is 7.98. The Labute approximate surface area is 136 Å². The van der Waals surface area contributed by atoms with Gasteiger partial charge >= 0.3 is 0 Å². The molecular weight excluding hydrogens is 294 g/mol. The highest BCUT2D eigenvalue weighted by Gasteiger charge is 2.18. The van der Waals surface area contributed by atoms with Gasteiger partial charge in [-0.3, -0.25) is 0 Å². The average Bonchev–Trinajstić information content (AvgIpc) is 2.97. The van der Waals surface area contributed by atoms with E-state index in [1.54, 1.807) is 4.88 Å². The summed E-state index contributed by atoms with van der Waals surface area (Å²) in [5, 5.41) is 0. The smallest absolute Gasteiger partial charge is 0.0646 e. The van der Waals surface area contributed by atoms with E-state index < -0.39 is 0 Å². The number of benzene rings is 1. The zero-order chi connectivity index (χ0) is 14.8. The van der Waals surface area contributed by atoms with Gasteiger partial charge < -0.3 is 5.73 Å². The van der Waals surface area contributed by atoms with E-state index >= 15 is 0 Å². The molecule has 0 aliphatic carbocycles. The summed E-state index contributed by atoms with van der Waals surface area (Å²) >= 11 is 3.95. The number of thiophene rings is 1. The molecule has 0 saturated heterocycles. The summed E-state index contributed by atoms with van der Waals surface area (Å²) in [6.45, 7) is 4.51. The predicted octanol–water partition coefficient (Wildman–Crippen LogP) is 5.10. The standard InChI is InChI=1S/C18H23NS2/c1-3-12(2)13-4-6-14(7-5-13)18(19)17-10-15-11-20-9-8-16(15)21-17/h4-7,10,12,18H,3,8-9,11,19H2,1-2H3. The zero-order valence-electron chi connectivity index (χ0n) is 12.8. The Hall–Kier alpha value is -0.770. The quantitative estimate of drug-likeness (QED) is 0.849. The Morgan fingerprint density at radius 1 is 1.19 bits per heavy atom. The third-order valence-corrected chi connectivity index (χ3v) is 6.76. The maximum atomic E-state index is 6.49. The van der Waals surface area contributed by atoms with Gasteiger partial charge in [0.05, 0.1) is 6.04 Å². The summed E-state index contributed by atoms with van der Waals surface area (Å²) in [5.41, 5.74) is 10.6. The molecule has 1 aromatic heterocycles. The van der Waals surface area contributed by atoms with Crippen LogP contribution in [-0.2, 0) is 12.2 Å². The molecule has 1 aliphatic rings. The van der Waals surface area contributed by atoms with Crippen LogP contribution >= 0.6 is 23.1 Å². The highest BCUT2D eigenvalue weighted by Crippen LogP contribution is 2.35. The topological polar surface area (TPSA) is 26.0 Å². The second kappa shape index (κ2) is 6.55. The average molecular weight is 318 g/mol. The molecule has 0 bridgehead atoms. The van der Waals surface area contributed by atoms with Crippen molar-refractivity contribution < 1.29 is 0 Å². The zero-order valence-corrected chi connectivity index (χ0v) is 14.4. The highest BCUT2D eigenvalue weighted by atomic mass is 32.2. The van der Waals surface area contributed by atoms with Crippen LogP contribution in [-0.4, -0.2) is 5.75 Å². The molecule has 1 nitrogen and oxygen atoms in total. The summed E-state index contributed by atoms with van der Waals surface area (Å²) < 4.78 is 0. The first-order valence-corrected chi connectivity index (χ1v) is 9.70. The molecule has 0 radical (unpaired) electrons. The first-order valence-electron chi connectivity index (χ1n) is 7.73. The third-order valence-electron chi connectivity index (χ3n) is 4.43. The Morgan fingerprint density at radius 2 is 1.90 bits per heavy atom. The fourth-order valence-electron chi connectivity index (χ4n) is 2.76. The van der Waals surface area contributed by atoms with Gasteiger partial charge in [-0.05, 0) is 47.3 Å². The molecule has 3 rings (SSSR count). The van der Waals surface area contributed by atoms with Crippen LogP contribution in [0.3, 0.4) is 0 Å². The molecule has 2 unspecified atom stereocenters. The number of hydrogen-bond acceptors (Lipinski definition) is 3. The van der Waals surface area contributed by atoms with Crippen molar-refractivity contribution in [3.8, 4) is 0 Å². The number of hydrogen-bond donors (Lipinski definition) is 1. The van der Waals surface area contributed by atoms with Gasteiger partial charge in [0.2, 0.25) is 0 Å². The predicted molar refractivity (Wildman–Crippen MR) is 95.4 cm³/mol. The maximum absolute atomic E-state index is 6.49. The summed E-state index contributed by atoms with van der Waals surface area (Å²) in [6, 6.07) is 11.3. The Bertz CT molecular complexity index is 577. The van der Waals surface area contributed by atoms with Crippen molar-refractivity contribution in [3.05, 3.63) is 56.8 Å². The largest absolute Gasteiger partial charge is 0.320 e. The van der Waals surface area contributed by atoms with Gasteiger partial charge in [-0.1, -0.05) is 38.1 Å². The third kappa shape index (κ3) is 3.20. The number of thioether (sulfide) groups is 1. The van der Waals surface area contributed by atoms with E-state index in [-0.39, 0.29) is 6.04 Å². The lowest BCUT2D eigenvalue weighted by Crippen LogP contribution is -2.10. The molecule has 2 atom stereocenters. The molecular formula is C18H23NS2. The molecule has 112 valence electrons. The fourth-order valence-corrected chi connectivity index (χ4v) is 5.16. The van der Waals surface area contributed by atoms with Gasteiger partial charge in [0, 0.05) is 15.5 Å². The lowest BCUT2D eigenvalue weighted by Gasteiger charge is -2.13. The monoisotopic (exact) mass is 317 g/mol. The van der Waals surface area contributed by atoms with Gasteiger partial charge in [-0.15, -0.1) is 11.3 Å². The summed E-state index contributed by atoms with van der Waals surface area (Å²) in [5.74, 6) is 3.04. The number of rotatable bonds is 4. The van der Waals surface area contributed by atoms with Crippen molar-refractivity contribution >= 4 is 23.1 Å². The second-order valence-corrected chi connectivity index (χ2v) is 8.13. The van der Waals surface area contributed by atoms with E-state index in [1.807, 2.05) is 23.1 Å². The minimum Gasteiger partial charge on any atom is -0.320 e. The Kier molecular flexibility index (Phi) is 4.72. The molecule has 2 aromatic rings. The molecule has 0 amide bonds. The van der Waals surface area contributed by atoms with Crippen molar-refractivity contribution in [3.63, 3.8) is 0 Å². The van der Waals surface area contributed by atoms with E-state index in [2.05, 4.69) is 44.2 Å². The van der Waals surface area contributed by atoms with Gasteiger partial charge in [-0.2, -0.15) is 11.8 Å². The lowest BCUT2D eigenvalue weighted by atomic mass is 9.96. The van der Waals surface area contributed by atoms with Crippen LogP contribution in [0.15, 0.2) is 30.3 Å². The van der Waals surface area contributed by atoms with Gasteiger partial charge in [-0.25, -0.2) is 0 Å². The van der Waals surface area contributed by atoms with Gasteiger partial charge in [0.25, 0.3) is 0 Å². The van der Waals surface area contributed by atoms with Crippen molar-refractivity contribution in [2.45, 2.75) is 44.4 Å². The molecule has 21 heavy (non-hydrogen) atoms. The Balaban J connectivity index is 1.81. The molecule has 0 spiro atoms. The van der Waals surface area contributed by atoms with Crippen LogP contribution in [0.4, 0.5) is 0 Å². The van der Waals surface area contributed by atoms with Crippen LogP contribution < -0.4 is 5.73 Å². The maximum Gasteiger partial charge on any atom is 0.0646 e. The normalized spacial score (nSPS) is 17.3. The minimum absolute atomic E-state index is 0.0246. The second-order valence-electron chi connectivity index (χ2n) is 5.85. The first-order chi connectivity index (χ1) is 10.2. The van der Waals surface area contributed by atoms with Crippen LogP contribution in [0.1, 0.15) is 58.7 Å². The summed E-state index contributed by atoms with van der Waals surface area (Å²) in [6.07, 6.45) is 2.39. The molecule has 2 heterocycles. The minimum atomic E-state index is 0.0246. The van der Waals surface area contributed by atoms with E-state index in [0.29, 0.717) is 5.92 Å². The van der Waals surface area contributed by atoms with Crippen molar-refractivity contribution in [1.29, 1.82) is 0 Å². The fraction of sp³-hybridized carbons (Fsp3) is 0.444. The molecule has 0 fully saturated rings. The van der Waals surface area contributed by atoms with E-state index in [0.717, 1.165) is 5.75 Å².